The lowest BCUT2D eigenvalue weighted by Crippen LogP contribution is -2.32. The minimum absolute atomic E-state index is 0.0974. The van der Waals surface area contributed by atoms with Gasteiger partial charge in [0.1, 0.15) is 6.20 Å². The van der Waals surface area contributed by atoms with E-state index in [0.717, 1.165) is 30.6 Å². The molecule has 170 valence electrons. The first kappa shape index (κ1) is 22.3. The van der Waals surface area contributed by atoms with Crippen molar-refractivity contribution >= 4 is 40.1 Å². The maximum absolute atomic E-state index is 12.6. The van der Waals surface area contributed by atoms with Crippen LogP contribution in [-0.4, -0.2) is 30.7 Å². The Bertz CT molecular complexity index is 1590. The summed E-state index contributed by atoms with van der Waals surface area (Å²) < 4.78 is 5.96. The Hall–Kier alpha value is -4.91. The SMILES string of the molecule is O=c1[nH]c2ccccc2c(=O)n1N=Cc1cc(Cl)c(Oc2ccc([N+](=O)[O-])cn2)c([N+](=O)[O-])c1. The molecule has 1 N–H and O–H groups in total. The number of aromatic nitrogens is 3. The second-order valence-corrected chi connectivity index (χ2v) is 7.07. The summed E-state index contributed by atoms with van der Waals surface area (Å²) in [5.74, 6) is -0.517. The third-order valence-corrected chi connectivity index (χ3v) is 4.77. The number of nitro benzene ring substituents is 1. The largest absolute Gasteiger partial charge is 0.430 e. The number of para-hydroxylation sites is 1. The number of pyridine rings is 1. The zero-order valence-electron chi connectivity index (χ0n) is 16.7. The first-order valence-corrected chi connectivity index (χ1v) is 9.67. The van der Waals surface area contributed by atoms with E-state index in [-0.39, 0.29) is 33.3 Å². The molecule has 0 unspecified atom stereocenters. The first-order valence-electron chi connectivity index (χ1n) is 9.29. The third kappa shape index (κ3) is 4.35. The van der Waals surface area contributed by atoms with Crippen LogP contribution in [0.1, 0.15) is 5.56 Å². The van der Waals surface area contributed by atoms with Gasteiger partial charge in [-0.15, -0.1) is 4.68 Å². The molecule has 0 aliphatic heterocycles. The van der Waals surface area contributed by atoms with Crippen LogP contribution in [0, 0.1) is 20.2 Å². The molecule has 4 rings (SSSR count). The predicted octanol–water partition coefficient (Wildman–Crippen LogP) is 3.23. The molecule has 14 heteroatoms. The molecule has 0 fully saturated rings. The van der Waals surface area contributed by atoms with Gasteiger partial charge in [0.25, 0.3) is 11.2 Å². The van der Waals surface area contributed by atoms with E-state index >= 15 is 0 Å². The van der Waals surface area contributed by atoms with Crippen molar-refractivity contribution in [1.82, 2.24) is 14.6 Å². The average molecular weight is 483 g/mol. The maximum atomic E-state index is 12.6. The van der Waals surface area contributed by atoms with Gasteiger partial charge in [-0.05, 0) is 18.2 Å². The van der Waals surface area contributed by atoms with Crippen LogP contribution in [0.15, 0.2) is 69.4 Å². The highest BCUT2D eigenvalue weighted by atomic mass is 35.5. The summed E-state index contributed by atoms with van der Waals surface area (Å²) in [7, 11) is 0. The molecule has 2 aromatic heterocycles. The Labute approximate surface area is 192 Å². The van der Waals surface area contributed by atoms with Crippen molar-refractivity contribution in [3.05, 3.63) is 106 Å². The Morgan fingerprint density at radius 2 is 1.85 bits per heavy atom. The van der Waals surface area contributed by atoms with E-state index in [2.05, 4.69) is 15.1 Å². The van der Waals surface area contributed by atoms with Crippen molar-refractivity contribution in [2.45, 2.75) is 0 Å². The zero-order chi connectivity index (χ0) is 24.4. The van der Waals surface area contributed by atoms with E-state index in [1.807, 2.05) is 0 Å². The van der Waals surface area contributed by atoms with Crippen molar-refractivity contribution in [3.8, 4) is 11.6 Å². The number of halogens is 1. The van der Waals surface area contributed by atoms with Crippen molar-refractivity contribution in [2.75, 3.05) is 0 Å². The summed E-state index contributed by atoms with van der Waals surface area (Å²) in [6, 6.07) is 11.0. The topological polar surface area (TPSA) is 176 Å². The van der Waals surface area contributed by atoms with E-state index in [4.69, 9.17) is 16.3 Å². The number of H-pyrrole nitrogens is 1. The number of aromatic amines is 1. The Balaban J connectivity index is 1.71. The molecule has 4 aromatic rings. The van der Waals surface area contributed by atoms with Crippen LogP contribution in [0.25, 0.3) is 10.9 Å². The van der Waals surface area contributed by atoms with Gasteiger partial charge in [-0.25, -0.2) is 9.78 Å². The van der Waals surface area contributed by atoms with Crippen molar-refractivity contribution in [2.24, 2.45) is 5.10 Å². The molecule has 0 aliphatic carbocycles. The highest BCUT2D eigenvalue weighted by molar-refractivity contribution is 6.32. The fourth-order valence-corrected chi connectivity index (χ4v) is 3.20. The number of nitro groups is 2. The summed E-state index contributed by atoms with van der Waals surface area (Å²) >= 11 is 6.17. The minimum Gasteiger partial charge on any atom is -0.430 e. The zero-order valence-corrected chi connectivity index (χ0v) is 17.5. The molecule has 0 saturated heterocycles. The molecule has 34 heavy (non-hydrogen) atoms. The lowest BCUT2D eigenvalue weighted by Gasteiger charge is -2.08. The number of benzene rings is 2. The molecule has 0 spiro atoms. The molecule has 0 amide bonds. The molecule has 0 bridgehead atoms. The predicted molar refractivity (Wildman–Crippen MR) is 121 cm³/mol. The van der Waals surface area contributed by atoms with Gasteiger partial charge in [0, 0.05) is 23.8 Å². The van der Waals surface area contributed by atoms with E-state index in [1.54, 1.807) is 18.2 Å². The van der Waals surface area contributed by atoms with Gasteiger partial charge in [-0.2, -0.15) is 5.10 Å². The van der Waals surface area contributed by atoms with Gasteiger partial charge in [-0.3, -0.25) is 25.0 Å². The number of rotatable bonds is 6. The molecule has 0 atom stereocenters. The lowest BCUT2D eigenvalue weighted by molar-refractivity contribution is -0.385. The van der Waals surface area contributed by atoms with Crippen LogP contribution in [0.2, 0.25) is 5.02 Å². The number of nitrogens with one attached hydrogen (secondary N) is 1. The fourth-order valence-electron chi connectivity index (χ4n) is 2.94. The maximum Gasteiger partial charge on any atom is 0.349 e. The molecule has 13 nitrogen and oxygen atoms in total. The van der Waals surface area contributed by atoms with E-state index in [0.29, 0.717) is 10.2 Å². The number of nitrogens with zero attached hydrogens (tertiary/aromatic N) is 5. The molecule has 2 aromatic carbocycles. The van der Waals surface area contributed by atoms with Crippen molar-refractivity contribution < 1.29 is 14.6 Å². The Morgan fingerprint density at radius 3 is 2.53 bits per heavy atom. The summed E-state index contributed by atoms with van der Waals surface area (Å²) in [5, 5.41) is 26.2. The fraction of sp³-hybridized carbons (Fsp3) is 0. The Morgan fingerprint density at radius 1 is 1.09 bits per heavy atom. The van der Waals surface area contributed by atoms with Crippen molar-refractivity contribution in [3.63, 3.8) is 0 Å². The van der Waals surface area contributed by atoms with E-state index in [9.17, 15) is 29.8 Å². The highest BCUT2D eigenvalue weighted by Gasteiger charge is 2.22. The van der Waals surface area contributed by atoms with E-state index in [1.165, 1.54) is 12.1 Å². The van der Waals surface area contributed by atoms with Crippen LogP contribution in [0.5, 0.6) is 11.6 Å². The molecule has 0 saturated carbocycles. The van der Waals surface area contributed by atoms with Crippen LogP contribution in [0.3, 0.4) is 0 Å². The number of fused-ring (bicyclic) bond motifs is 1. The van der Waals surface area contributed by atoms with Gasteiger partial charge in [0.05, 0.1) is 32.0 Å². The van der Waals surface area contributed by atoms with Crippen LogP contribution in [-0.2, 0) is 0 Å². The van der Waals surface area contributed by atoms with E-state index < -0.39 is 26.8 Å². The Kier molecular flexibility index (Phi) is 5.84. The van der Waals surface area contributed by atoms with Gasteiger partial charge in [0.2, 0.25) is 11.6 Å². The summed E-state index contributed by atoms with van der Waals surface area (Å²) in [6.45, 7) is 0. The molecule has 0 radical (unpaired) electrons. The molecular weight excluding hydrogens is 472 g/mol. The van der Waals surface area contributed by atoms with Crippen LogP contribution < -0.4 is 16.0 Å². The summed E-state index contributed by atoms with van der Waals surface area (Å²) in [5.41, 5.74) is -1.90. The number of ether oxygens (including phenoxy) is 1. The third-order valence-electron chi connectivity index (χ3n) is 4.49. The quantitative estimate of drug-likeness (QED) is 0.247. The normalized spacial score (nSPS) is 11.1. The summed E-state index contributed by atoms with van der Waals surface area (Å²) in [6.07, 6.45) is 1.98. The lowest BCUT2D eigenvalue weighted by atomic mass is 10.2. The van der Waals surface area contributed by atoms with Gasteiger partial charge < -0.3 is 9.72 Å². The van der Waals surface area contributed by atoms with Crippen molar-refractivity contribution in [1.29, 1.82) is 0 Å². The minimum atomic E-state index is -0.801. The highest BCUT2D eigenvalue weighted by Crippen LogP contribution is 2.38. The molecular formula is C20H11ClN6O7. The van der Waals surface area contributed by atoms with Crippen LogP contribution >= 0.6 is 11.6 Å². The summed E-state index contributed by atoms with van der Waals surface area (Å²) in [4.78, 5) is 51.9. The second-order valence-electron chi connectivity index (χ2n) is 6.66. The second kappa shape index (κ2) is 8.91. The van der Waals surface area contributed by atoms with Gasteiger partial charge in [0.15, 0.2) is 0 Å². The van der Waals surface area contributed by atoms with Gasteiger partial charge >= 0.3 is 11.4 Å². The first-order chi connectivity index (χ1) is 16.2. The molecule has 2 heterocycles. The standard InChI is InChI=1S/C20H11ClN6O7/c21-14-7-11(9-23-25-19(28)13-3-1-2-4-15(13)24-20(25)29)8-16(27(32)33)18(14)34-17-6-5-12(10-22-17)26(30)31/h1-10H,(H,24,29). The van der Waals surface area contributed by atoms with Gasteiger partial charge in [-0.1, -0.05) is 23.7 Å². The monoisotopic (exact) mass is 482 g/mol. The van der Waals surface area contributed by atoms with Crippen LogP contribution in [0.4, 0.5) is 11.4 Å². The molecule has 0 aliphatic rings. The number of hydrogen-bond donors (Lipinski definition) is 1. The average Bonchev–Trinajstić information content (AvgIpc) is 2.80. The smallest absolute Gasteiger partial charge is 0.349 e. The number of hydrogen-bond acceptors (Lipinski definition) is 9.